The van der Waals surface area contributed by atoms with Gasteiger partial charge in [-0.25, -0.2) is 0 Å². The molecule has 0 bridgehead atoms. The second-order valence-electron chi connectivity index (χ2n) is 5.12. The van der Waals surface area contributed by atoms with Crippen molar-refractivity contribution in [1.29, 1.82) is 0 Å². The summed E-state index contributed by atoms with van der Waals surface area (Å²) in [7, 11) is 0. The molecule has 1 aliphatic rings. The van der Waals surface area contributed by atoms with Crippen LogP contribution in [0.15, 0.2) is 89.7 Å². The van der Waals surface area contributed by atoms with Gasteiger partial charge in [-0.05, 0) is 0 Å². The average molecular weight is 368 g/mol. The molecule has 0 fully saturated rings. The molecule has 0 saturated heterocycles. The Bertz CT molecular complexity index is 863. The summed E-state index contributed by atoms with van der Waals surface area (Å²) < 4.78 is 7.47. The number of rotatable bonds is 2. The van der Waals surface area contributed by atoms with E-state index in [0.29, 0.717) is 0 Å². The Balaban J connectivity index is 1.98. The summed E-state index contributed by atoms with van der Waals surface area (Å²) in [6.07, 6.45) is 0. The van der Waals surface area contributed by atoms with Crippen molar-refractivity contribution >= 4 is 43.8 Å². The number of fused-ring (bicyclic) bond motifs is 1. The van der Waals surface area contributed by atoms with Crippen molar-refractivity contribution in [3.8, 4) is 0 Å². The van der Waals surface area contributed by atoms with Gasteiger partial charge in [0, 0.05) is 0 Å². The van der Waals surface area contributed by atoms with Crippen LogP contribution in [-0.4, -0.2) is 15.6 Å². The Kier molecular flexibility index (Phi) is 3.42. The van der Waals surface area contributed by atoms with Crippen molar-refractivity contribution in [2.24, 2.45) is 4.74 Å². The van der Waals surface area contributed by atoms with Gasteiger partial charge in [0.05, 0.1) is 0 Å². The Hall–Kier alpha value is -1.79. The molecule has 108 valence electrons. The molecule has 2 nitrogen and oxygen atoms in total. The zero-order chi connectivity index (χ0) is 15.0. The second kappa shape index (κ2) is 5.44. The number of nitrogens with zero attached hydrogens (tertiary/aromatic N) is 2. The Morgan fingerprint density at radius 1 is 0.727 bits per heavy atom. The minimum atomic E-state index is -1.95. The van der Waals surface area contributed by atoms with Gasteiger partial charge in [0.25, 0.3) is 0 Å². The average Bonchev–Trinajstić information content (AvgIpc) is 2.90. The van der Waals surface area contributed by atoms with Crippen LogP contribution in [0.2, 0.25) is 0 Å². The van der Waals surface area contributed by atoms with E-state index in [9.17, 15) is 0 Å². The van der Waals surface area contributed by atoms with Gasteiger partial charge in [0.15, 0.2) is 0 Å². The van der Waals surface area contributed by atoms with Crippen molar-refractivity contribution in [1.82, 2.24) is 0 Å². The van der Waals surface area contributed by atoms with Crippen LogP contribution in [0, 0.1) is 0 Å². The van der Waals surface area contributed by atoms with E-state index < -0.39 is 5.89 Å². The molecular formula is C18H14N2PSe-. The van der Waals surface area contributed by atoms with Gasteiger partial charge in [-0.1, -0.05) is 0 Å². The van der Waals surface area contributed by atoms with E-state index in [1.54, 1.807) is 0 Å². The summed E-state index contributed by atoms with van der Waals surface area (Å²) in [4.78, 5) is 0. The number of benzene rings is 3. The van der Waals surface area contributed by atoms with E-state index >= 15 is 0 Å². The third-order valence-electron chi connectivity index (χ3n) is 3.72. The number of anilines is 2. The Morgan fingerprint density at radius 2 is 1.32 bits per heavy atom. The molecule has 0 aliphatic carbocycles. The van der Waals surface area contributed by atoms with Gasteiger partial charge in [-0.3, -0.25) is 0 Å². The molecule has 0 aromatic heterocycles. The van der Waals surface area contributed by atoms with Gasteiger partial charge < -0.3 is 0 Å². The molecule has 0 spiro atoms. The maximum absolute atomic E-state index is 5.09. The van der Waals surface area contributed by atoms with Gasteiger partial charge in [0.1, 0.15) is 0 Å². The predicted octanol–water partition coefficient (Wildman–Crippen LogP) is 5.00. The molecule has 22 heavy (non-hydrogen) atoms. The van der Waals surface area contributed by atoms with Crippen LogP contribution in [0.1, 0.15) is 0 Å². The molecule has 0 N–H and O–H groups in total. The number of hydrogen-bond acceptors (Lipinski definition) is 2. The zero-order valence-corrected chi connectivity index (χ0v) is 14.4. The molecular weight excluding hydrogens is 354 g/mol. The molecule has 0 saturated carbocycles. The maximum atomic E-state index is 5.09. The topological polar surface area (TPSA) is 15.6 Å². The van der Waals surface area contributed by atoms with Gasteiger partial charge >= 0.3 is 138 Å². The third-order valence-corrected chi connectivity index (χ3v) is 9.03. The first-order chi connectivity index (χ1) is 10.8. The van der Waals surface area contributed by atoms with Crippen LogP contribution in [0.25, 0.3) is 0 Å². The van der Waals surface area contributed by atoms with Crippen LogP contribution < -0.4 is 9.97 Å². The molecule has 3 aromatic rings. The van der Waals surface area contributed by atoms with E-state index in [0.717, 1.165) is 5.69 Å². The van der Waals surface area contributed by atoms with Crippen molar-refractivity contribution in [3.05, 3.63) is 84.9 Å². The van der Waals surface area contributed by atoms with Gasteiger partial charge in [-0.2, -0.15) is 0 Å². The van der Waals surface area contributed by atoms with E-state index in [-0.39, 0.29) is 0 Å². The molecule has 4 heteroatoms. The molecule has 1 atom stereocenters. The second-order valence-corrected chi connectivity index (χ2v) is 10.5. The first-order valence-electron chi connectivity index (χ1n) is 7.13. The first kappa shape index (κ1) is 13.8. The summed E-state index contributed by atoms with van der Waals surface area (Å²) in [6, 6.07) is 29.4. The first-order valence-corrected chi connectivity index (χ1v) is 11.0. The minimum absolute atomic E-state index is 1.06. The molecule has 1 aliphatic heterocycles. The van der Waals surface area contributed by atoms with Crippen LogP contribution >= 0.6 is 5.89 Å². The van der Waals surface area contributed by atoms with E-state index in [1.807, 2.05) is 18.2 Å². The zero-order valence-electron chi connectivity index (χ0n) is 11.8. The summed E-state index contributed by atoms with van der Waals surface area (Å²) in [5.41, 5.74) is 3.40. The normalized spacial score (nSPS) is 19.6. The fourth-order valence-electron chi connectivity index (χ4n) is 2.72. The van der Waals surface area contributed by atoms with E-state index in [4.69, 9.17) is 4.74 Å². The molecule has 4 rings (SSSR count). The van der Waals surface area contributed by atoms with Crippen LogP contribution in [0.3, 0.4) is 0 Å². The standard InChI is InChI=1S/C18H14N2PSe/c22-21(16-11-5-2-6-12-16)19-17-13-7-8-14-18(17)20(21)15-9-3-1-4-10-15/h1-14H/q-1/t21-/m0/s1. The van der Waals surface area contributed by atoms with Crippen LogP contribution in [0.4, 0.5) is 17.1 Å². The molecule has 0 amide bonds. The summed E-state index contributed by atoms with van der Waals surface area (Å²) in [5.74, 6) is -1.95. The van der Waals surface area contributed by atoms with Gasteiger partial charge in [-0.15, -0.1) is 0 Å². The fourth-order valence-corrected chi connectivity index (χ4v) is 7.56. The summed E-state index contributed by atoms with van der Waals surface area (Å²) in [5, 5.41) is 1.25. The van der Waals surface area contributed by atoms with E-state index in [1.165, 1.54) is 16.7 Å². The fraction of sp³-hybridized carbons (Fsp3) is 0. The number of hydrogen-bond donors (Lipinski definition) is 0. The number of para-hydroxylation sites is 2. The van der Waals surface area contributed by atoms with Crippen molar-refractivity contribution in [2.75, 3.05) is 4.67 Å². The van der Waals surface area contributed by atoms with Gasteiger partial charge in [0.2, 0.25) is 0 Å². The quantitative estimate of drug-likeness (QED) is 0.459. The SMILES string of the molecule is [Se-][P@@]1(c2ccccc2)=Nc2ccccc2N1c1ccccc1. The van der Waals surface area contributed by atoms with Crippen molar-refractivity contribution in [2.45, 2.75) is 0 Å². The Morgan fingerprint density at radius 3 is 2.05 bits per heavy atom. The van der Waals surface area contributed by atoms with Crippen molar-refractivity contribution < 1.29 is 0 Å². The third kappa shape index (κ3) is 2.14. The molecule has 0 unspecified atom stereocenters. The van der Waals surface area contributed by atoms with Crippen molar-refractivity contribution in [3.63, 3.8) is 0 Å². The summed E-state index contributed by atoms with van der Waals surface area (Å²) in [6.45, 7) is 0. The molecule has 1 heterocycles. The van der Waals surface area contributed by atoms with E-state index in [2.05, 4.69) is 87.0 Å². The summed E-state index contributed by atoms with van der Waals surface area (Å²) >= 11 is 3.43. The molecule has 3 aromatic carbocycles. The Labute approximate surface area is 138 Å². The monoisotopic (exact) mass is 369 g/mol. The molecule has 0 radical (unpaired) electrons. The van der Waals surface area contributed by atoms with Crippen LogP contribution in [-0.2, 0) is 0 Å². The van der Waals surface area contributed by atoms with Crippen LogP contribution in [0.5, 0.6) is 0 Å². The predicted molar refractivity (Wildman–Crippen MR) is 95.9 cm³/mol.